The highest BCUT2D eigenvalue weighted by Gasteiger charge is 2.13. The maximum absolute atomic E-state index is 4.53. The fourth-order valence-corrected chi connectivity index (χ4v) is 2.46. The molecule has 2 aromatic heterocycles. The van der Waals surface area contributed by atoms with Crippen molar-refractivity contribution in [2.45, 2.75) is 25.8 Å². The van der Waals surface area contributed by atoms with Gasteiger partial charge in [0.1, 0.15) is 5.82 Å². The average Bonchev–Trinajstić information content (AvgIpc) is 3.03. The summed E-state index contributed by atoms with van der Waals surface area (Å²) in [5, 5.41) is 3.39. The molecule has 0 aromatic carbocycles. The van der Waals surface area contributed by atoms with Crippen LogP contribution < -0.4 is 10.2 Å². The number of hydrogen-bond acceptors (Lipinski definition) is 5. The first-order chi connectivity index (χ1) is 9.83. The van der Waals surface area contributed by atoms with E-state index in [2.05, 4.69) is 44.2 Å². The molecule has 0 saturated carbocycles. The largest absolute Gasteiger partial charge is 0.376 e. The van der Waals surface area contributed by atoms with E-state index in [1.165, 1.54) is 12.8 Å². The summed E-state index contributed by atoms with van der Waals surface area (Å²) in [7, 11) is 0. The number of nitrogens with one attached hydrogen (secondary N) is 1. The molecule has 1 N–H and O–H groups in total. The molecule has 0 radical (unpaired) electrons. The first-order valence-corrected chi connectivity index (χ1v) is 7.06. The van der Waals surface area contributed by atoms with Crippen molar-refractivity contribution in [1.82, 2.24) is 15.0 Å². The molecule has 1 saturated heterocycles. The third kappa shape index (κ3) is 2.87. The van der Waals surface area contributed by atoms with Crippen molar-refractivity contribution in [3.63, 3.8) is 0 Å². The number of pyridine rings is 1. The standard InChI is InChI=1S/C15H19N5/c1-12(14-11-16-6-7-17-14)19-13-4-5-15(18-10-13)20-8-2-3-9-20/h4-7,10-12,19H,2-3,8-9H2,1H3. The van der Waals surface area contributed by atoms with Gasteiger partial charge in [-0.2, -0.15) is 0 Å². The normalized spacial score (nSPS) is 16.1. The van der Waals surface area contributed by atoms with Crippen molar-refractivity contribution in [3.05, 3.63) is 42.6 Å². The van der Waals surface area contributed by atoms with Crippen LogP contribution in [-0.4, -0.2) is 28.0 Å². The summed E-state index contributed by atoms with van der Waals surface area (Å²) in [5.41, 5.74) is 1.93. The van der Waals surface area contributed by atoms with Crippen molar-refractivity contribution >= 4 is 11.5 Å². The molecule has 20 heavy (non-hydrogen) atoms. The quantitative estimate of drug-likeness (QED) is 0.924. The molecule has 5 nitrogen and oxygen atoms in total. The summed E-state index contributed by atoms with van der Waals surface area (Å²) in [5.74, 6) is 1.07. The second-order valence-electron chi connectivity index (χ2n) is 5.10. The van der Waals surface area contributed by atoms with Crippen molar-refractivity contribution < 1.29 is 0 Å². The molecule has 1 atom stereocenters. The number of hydrogen-bond donors (Lipinski definition) is 1. The molecule has 5 heteroatoms. The molecule has 0 aliphatic carbocycles. The smallest absolute Gasteiger partial charge is 0.128 e. The lowest BCUT2D eigenvalue weighted by Gasteiger charge is -2.18. The van der Waals surface area contributed by atoms with E-state index in [9.17, 15) is 0 Å². The van der Waals surface area contributed by atoms with Crippen LogP contribution >= 0.6 is 0 Å². The van der Waals surface area contributed by atoms with Crippen molar-refractivity contribution in [1.29, 1.82) is 0 Å². The summed E-state index contributed by atoms with van der Waals surface area (Å²) in [6.45, 7) is 4.31. The van der Waals surface area contributed by atoms with Gasteiger partial charge in [0.05, 0.1) is 29.8 Å². The lowest BCUT2D eigenvalue weighted by Crippen LogP contribution is -2.18. The average molecular weight is 269 g/mol. The third-order valence-corrected chi connectivity index (χ3v) is 3.59. The van der Waals surface area contributed by atoms with E-state index in [0.717, 1.165) is 30.3 Å². The Balaban J connectivity index is 1.66. The molecule has 2 aromatic rings. The van der Waals surface area contributed by atoms with Crippen LogP contribution in [0.4, 0.5) is 11.5 Å². The summed E-state index contributed by atoms with van der Waals surface area (Å²) in [6.07, 6.45) is 9.60. The van der Waals surface area contributed by atoms with Crippen LogP contribution in [-0.2, 0) is 0 Å². The van der Waals surface area contributed by atoms with Crippen LogP contribution in [0.15, 0.2) is 36.9 Å². The van der Waals surface area contributed by atoms with E-state index < -0.39 is 0 Å². The summed E-state index contributed by atoms with van der Waals surface area (Å²) >= 11 is 0. The van der Waals surface area contributed by atoms with E-state index in [4.69, 9.17) is 0 Å². The monoisotopic (exact) mass is 269 g/mol. The number of nitrogens with zero attached hydrogens (tertiary/aromatic N) is 4. The Kier molecular flexibility index (Phi) is 3.76. The Labute approximate surface area is 119 Å². The van der Waals surface area contributed by atoms with Gasteiger partial charge in [0, 0.05) is 25.5 Å². The van der Waals surface area contributed by atoms with Gasteiger partial charge < -0.3 is 10.2 Å². The van der Waals surface area contributed by atoms with Gasteiger partial charge in [-0.15, -0.1) is 0 Å². The van der Waals surface area contributed by atoms with Gasteiger partial charge >= 0.3 is 0 Å². The SMILES string of the molecule is CC(Nc1ccc(N2CCCC2)nc1)c1cnccn1. The Morgan fingerprint density at radius 2 is 1.95 bits per heavy atom. The van der Waals surface area contributed by atoms with Crippen molar-refractivity contribution in [3.8, 4) is 0 Å². The summed E-state index contributed by atoms with van der Waals surface area (Å²) in [4.78, 5) is 15.3. The zero-order valence-corrected chi connectivity index (χ0v) is 11.7. The molecule has 0 spiro atoms. The first kappa shape index (κ1) is 12.8. The molecule has 1 aliphatic heterocycles. The Hall–Kier alpha value is -2.17. The zero-order valence-electron chi connectivity index (χ0n) is 11.7. The van der Waals surface area contributed by atoms with Gasteiger partial charge in [-0.3, -0.25) is 9.97 Å². The summed E-state index contributed by atoms with van der Waals surface area (Å²) < 4.78 is 0. The highest BCUT2D eigenvalue weighted by Crippen LogP contribution is 2.21. The highest BCUT2D eigenvalue weighted by atomic mass is 15.2. The number of anilines is 2. The van der Waals surface area contributed by atoms with Gasteiger partial charge in [-0.05, 0) is 31.9 Å². The lowest BCUT2D eigenvalue weighted by molar-refractivity contribution is 0.825. The molecule has 1 aliphatic rings. The maximum Gasteiger partial charge on any atom is 0.128 e. The highest BCUT2D eigenvalue weighted by molar-refractivity contribution is 5.49. The van der Waals surface area contributed by atoms with Crippen LogP contribution in [0.1, 0.15) is 31.5 Å². The first-order valence-electron chi connectivity index (χ1n) is 7.06. The van der Waals surface area contributed by atoms with E-state index >= 15 is 0 Å². The third-order valence-electron chi connectivity index (χ3n) is 3.59. The van der Waals surface area contributed by atoms with Gasteiger partial charge in [0.2, 0.25) is 0 Å². The topological polar surface area (TPSA) is 53.9 Å². The second kappa shape index (κ2) is 5.86. The van der Waals surface area contributed by atoms with Crippen molar-refractivity contribution in [2.75, 3.05) is 23.3 Å². The van der Waals surface area contributed by atoms with Gasteiger partial charge in [0.15, 0.2) is 0 Å². The van der Waals surface area contributed by atoms with E-state index in [1.807, 2.05) is 6.20 Å². The zero-order chi connectivity index (χ0) is 13.8. The minimum Gasteiger partial charge on any atom is -0.376 e. The maximum atomic E-state index is 4.53. The van der Waals surface area contributed by atoms with E-state index in [1.54, 1.807) is 18.6 Å². The predicted octanol–water partition coefficient (Wildman–Crippen LogP) is 2.64. The fraction of sp³-hybridized carbons (Fsp3) is 0.400. The Morgan fingerprint density at radius 3 is 2.60 bits per heavy atom. The minimum absolute atomic E-state index is 0.114. The molecule has 1 unspecified atom stereocenters. The van der Waals surface area contributed by atoms with Crippen LogP contribution in [0, 0.1) is 0 Å². The molecular weight excluding hydrogens is 250 g/mol. The van der Waals surface area contributed by atoms with Crippen molar-refractivity contribution in [2.24, 2.45) is 0 Å². The summed E-state index contributed by atoms with van der Waals surface area (Å²) in [6, 6.07) is 4.27. The second-order valence-corrected chi connectivity index (χ2v) is 5.10. The molecule has 1 fully saturated rings. The number of aromatic nitrogens is 3. The van der Waals surface area contributed by atoms with Gasteiger partial charge in [-0.1, -0.05) is 0 Å². The molecule has 104 valence electrons. The molecule has 3 rings (SSSR count). The molecule has 0 amide bonds. The molecular formula is C15H19N5. The fourth-order valence-electron chi connectivity index (χ4n) is 2.46. The number of rotatable bonds is 4. The van der Waals surface area contributed by atoms with Crippen LogP contribution in [0.2, 0.25) is 0 Å². The van der Waals surface area contributed by atoms with Gasteiger partial charge in [-0.25, -0.2) is 4.98 Å². The minimum atomic E-state index is 0.114. The van der Waals surface area contributed by atoms with E-state index in [-0.39, 0.29) is 6.04 Å². The van der Waals surface area contributed by atoms with Crippen LogP contribution in [0.5, 0.6) is 0 Å². The van der Waals surface area contributed by atoms with Crippen LogP contribution in [0.25, 0.3) is 0 Å². The molecule has 0 bridgehead atoms. The Bertz CT molecular complexity index is 534. The Morgan fingerprint density at radius 1 is 1.10 bits per heavy atom. The predicted molar refractivity (Wildman–Crippen MR) is 79.8 cm³/mol. The van der Waals surface area contributed by atoms with Gasteiger partial charge in [0.25, 0.3) is 0 Å². The van der Waals surface area contributed by atoms with E-state index in [0.29, 0.717) is 0 Å². The lowest BCUT2D eigenvalue weighted by atomic mass is 10.2. The van der Waals surface area contributed by atoms with Crippen LogP contribution in [0.3, 0.4) is 0 Å². The molecule has 3 heterocycles.